The van der Waals surface area contributed by atoms with Crippen LogP contribution in [0.3, 0.4) is 0 Å². The number of rotatable bonds is 1. The van der Waals surface area contributed by atoms with Crippen LogP contribution in [0.25, 0.3) is 16.9 Å². The van der Waals surface area contributed by atoms with Gasteiger partial charge in [-0.05, 0) is 17.0 Å². The maximum atomic E-state index is 13.9. The van der Waals surface area contributed by atoms with Crippen molar-refractivity contribution >= 4 is 11.5 Å². The minimum atomic E-state index is -0.397. The maximum Gasteiger partial charge on any atom is 0.238 e. The van der Waals surface area contributed by atoms with Crippen molar-refractivity contribution in [3.05, 3.63) is 42.0 Å². The number of anilines is 1. The van der Waals surface area contributed by atoms with Gasteiger partial charge in [-0.2, -0.15) is 0 Å². The third-order valence-corrected chi connectivity index (χ3v) is 3.38. The topological polar surface area (TPSA) is 69.1 Å². The predicted octanol–water partition coefficient (Wildman–Crippen LogP) is 2.81. The molecule has 0 fully saturated rings. The Bertz CT molecular complexity index is 799. The van der Waals surface area contributed by atoms with Crippen molar-refractivity contribution in [1.29, 1.82) is 0 Å². The van der Waals surface area contributed by atoms with E-state index in [9.17, 15) is 4.39 Å². The van der Waals surface area contributed by atoms with Gasteiger partial charge in [0.1, 0.15) is 5.52 Å². The summed E-state index contributed by atoms with van der Waals surface area (Å²) in [6, 6.07) is 5.24. The van der Waals surface area contributed by atoms with Crippen molar-refractivity contribution < 1.29 is 4.39 Å². The summed E-state index contributed by atoms with van der Waals surface area (Å²) < 4.78 is 15.4. The molecule has 0 atom stereocenters. The molecule has 0 saturated heterocycles. The molecule has 108 valence electrons. The number of fused-ring (bicyclic) bond motifs is 1. The quantitative estimate of drug-likeness (QED) is 0.746. The first-order valence-electron chi connectivity index (χ1n) is 6.63. The molecule has 0 aliphatic heterocycles. The van der Waals surface area contributed by atoms with Crippen molar-refractivity contribution in [2.24, 2.45) is 0 Å². The second-order valence-corrected chi connectivity index (χ2v) is 5.97. The van der Waals surface area contributed by atoms with Gasteiger partial charge in [-0.25, -0.2) is 13.9 Å². The summed E-state index contributed by atoms with van der Waals surface area (Å²) in [5, 5.41) is 4.05. The second kappa shape index (κ2) is 4.51. The van der Waals surface area contributed by atoms with Crippen molar-refractivity contribution in [2.45, 2.75) is 26.2 Å². The summed E-state index contributed by atoms with van der Waals surface area (Å²) in [4.78, 5) is 8.23. The van der Waals surface area contributed by atoms with Gasteiger partial charge in [0.05, 0.1) is 17.6 Å². The largest absolute Gasteiger partial charge is 0.367 e. The fraction of sp³-hybridized carbons (Fsp3) is 0.267. The zero-order chi connectivity index (χ0) is 15.2. The van der Waals surface area contributed by atoms with E-state index in [1.807, 2.05) is 12.1 Å². The molecule has 0 aromatic carbocycles. The molecular formula is C15H16FN5. The molecule has 21 heavy (non-hydrogen) atoms. The molecule has 2 N–H and O–H groups in total. The van der Waals surface area contributed by atoms with Gasteiger partial charge in [0.25, 0.3) is 0 Å². The highest BCUT2D eigenvalue weighted by molar-refractivity contribution is 5.64. The van der Waals surface area contributed by atoms with Crippen LogP contribution in [-0.2, 0) is 5.41 Å². The number of pyridine rings is 1. The van der Waals surface area contributed by atoms with Gasteiger partial charge < -0.3 is 5.73 Å². The summed E-state index contributed by atoms with van der Waals surface area (Å²) in [6.07, 6.45) is 3.17. The van der Waals surface area contributed by atoms with Crippen molar-refractivity contribution in [3.8, 4) is 11.4 Å². The average molecular weight is 285 g/mol. The Morgan fingerprint density at radius 1 is 1.14 bits per heavy atom. The monoisotopic (exact) mass is 285 g/mol. The van der Waals surface area contributed by atoms with Gasteiger partial charge in [0.15, 0.2) is 5.82 Å². The minimum absolute atomic E-state index is 0.0185. The van der Waals surface area contributed by atoms with Crippen molar-refractivity contribution in [3.63, 3.8) is 0 Å². The molecule has 6 heteroatoms. The normalized spacial score (nSPS) is 12.0. The van der Waals surface area contributed by atoms with Crippen LogP contribution in [0.2, 0.25) is 0 Å². The third kappa shape index (κ3) is 2.33. The summed E-state index contributed by atoms with van der Waals surface area (Å²) in [5.74, 6) is -0.308. The van der Waals surface area contributed by atoms with Gasteiger partial charge in [0.2, 0.25) is 5.95 Å². The van der Waals surface area contributed by atoms with Gasteiger partial charge in [0, 0.05) is 12.3 Å². The number of nitrogen functional groups attached to an aromatic ring is 1. The fourth-order valence-corrected chi connectivity index (χ4v) is 2.14. The maximum absolute atomic E-state index is 13.9. The molecule has 0 spiro atoms. The van der Waals surface area contributed by atoms with E-state index >= 15 is 0 Å². The molecule has 3 aromatic rings. The molecule has 3 heterocycles. The highest BCUT2D eigenvalue weighted by atomic mass is 19.1. The summed E-state index contributed by atoms with van der Waals surface area (Å²) in [5.41, 5.74) is 8.18. The van der Waals surface area contributed by atoms with Gasteiger partial charge >= 0.3 is 0 Å². The molecular weight excluding hydrogens is 269 g/mol. The van der Waals surface area contributed by atoms with Crippen LogP contribution in [0.4, 0.5) is 10.3 Å². The highest BCUT2D eigenvalue weighted by Crippen LogP contribution is 2.26. The first kappa shape index (κ1) is 13.5. The van der Waals surface area contributed by atoms with Crippen LogP contribution >= 0.6 is 0 Å². The SMILES string of the molecule is CC(C)(C)c1ccc(-c2cc(F)c3cnc(N)nn23)nc1. The Morgan fingerprint density at radius 3 is 2.52 bits per heavy atom. The van der Waals surface area contributed by atoms with Gasteiger partial charge in [-0.3, -0.25) is 4.98 Å². The van der Waals surface area contributed by atoms with E-state index in [1.165, 1.54) is 16.8 Å². The number of halogens is 1. The molecule has 3 aromatic heterocycles. The summed E-state index contributed by atoms with van der Waals surface area (Å²) in [6.45, 7) is 6.35. The fourth-order valence-electron chi connectivity index (χ4n) is 2.14. The molecule has 0 amide bonds. The zero-order valence-corrected chi connectivity index (χ0v) is 12.1. The van der Waals surface area contributed by atoms with Crippen LogP contribution < -0.4 is 5.73 Å². The van der Waals surface area contributed by atoms with Crippen LogP contribution in [0, 0.1) is 5.82 Å². The standard InChI is InChI=1S/C15H16FN5/c1-15(2,3)9-4-5-11(18-7-9)12-6-10(16)13-8-19-14(17)20-21(12)13/h4-8H,1-3H3,(H2,17,20). The number of nitrogens with two attached hydrogens (primary N) is 1. The Morgan fingerprint density at radius 2 is 1.90 bits per heavy atom. The van der Waals surface area contributed by atoms with Crippen LogP contribution in [0.1, 0.15) is 26.3 Å². The Kier molecular flexibility index (Phi) is 2.90. The van der Waals surface area contributed by atoms with Crippen LogP contribution in [0.5, 0.6) is 0 Å². The lowest BCUT2D eigenvalue weighted by atomic mass is 9.88. The van der Waals surface area contributed by atoms with Crippen LogP contribution in [0.15, 0.2) is 30.6 Å². The lowest BCUT2D eigenvalue weighted by molar-refractivity contribution is 0.587. The average Bonchev–Trinajstić information content (AvgIpc) is 2.75. The lowest BCUT2D eigenvalue weighted by Gasteiger charge is -2.18. The molecule has 5 nitrogen and oxygen atoms in total. The first-order chi connectivity index (χ1) is 9.86. The zero-order valence-electron chi connectivity index (χ0n) is 12.1. The molecule has 0 saturated carbocycles. The van der Waals surface area contributed by atoms with Gasteiger partial charge in [-0.15, -0.1) is 5.10 Å². The Hall–Kier alpha value is -2.50. The highest BCUT2D eigenvalue weighted by Gasteiger charge is 2.16. The Labute approximate surface area is 121 Å². The number of nitrogens with zero attached hydrogens (tertiary/aromatic N) is 4. The lowest BCUT2D eigenvalue weighted by Crippen LogP contribution is -2.11. The smallest absolute Gasteiger partial charge is 0.238 e. The second-order valence-electron chi connectivity index (χ2n) is 5.97. The van der Waals surface area contributed by atoms with E-state index in [2.05, 4.69) is 35.8 Å². The number of aromatic nitrogens is 4. The molecule has 0 aliphatic rings. The van der Waals surface area contributed by atoms with E-state index in [0.717, 1.165) is 5.56 Å². The van der Waals surface area contributed by atoms with E-state index in [4.69, 9.17) is 5.73 Å². The summed E-state index contributed by atoms with van der Waals surface area (Å²) in [7, 11) is 0. The summed E-state index contributed by atoms with van der Waals surface area (Å²) >= 11 is 0. The number of hydrogen-bond donors (Lipinski definition) is 1. The van der Waals surface area contributed by atoms with E-state index < -0.39 is 5.82 Å². The molecule has 0 aliphatic carbocycles. The third-order valence-electron chi connectivity index (χ3n) is 3.38. The Balaban J connectivity index is 2.14. The van der Waals surface area contributed by atoms with E-state index in [1.54, 1.807) is 6.20 Å². The van der Waals surface area contributed by atoms with Crippen molar-refractivity contribution in [2.75, 3.05) is 5.73 Å². The predicted molar refractivity (Wildman–Crippen MR) is 79.3 cm³/mol. The van der Waals surface area contributed by atoms with Crippen LogP contribution in [-0.4, -0.2) is 19.6 Å². The van der Waals surface area contributed by atoms with Crippen molar-refractivity contribution in [1.82, 2.24) is 19.6 Å². The van der Waals surface area contributed by atoms with E-state index in [-0.39, 0.29) is 16.9 Å². The molecule has 0 radical (unpaired) electrons. The number of hydrogen-bond acceptors (Lipinski definition) is 4. The van der Waals surface area contributed by atoms with E-state index in [0.29, 0.717) is 11.4 Å². The molecule has 0 unspecified atom stereocenters. The first-order valence-corrected chi connectivity index (χ1v) is 6.63. The van der Waals surface area contributed by atoms with Gasteiger partial charge in [-0.1, -0.05) is 26.8 Å². The molecule has 3 rings (SSSR count). The minimum Gasteiger partial charge on any atom is -0.367 e. The molecule has 0 bridgehead atoms.